The number of likely N-dealkylation sites (N-methyl/N-ethyl adjacent to an activating group) is 1. The number of carboxylic acid groups (broad SMARTS) is 1. The fraction of sp³-hybridized carbons (Fsp3) is 0.500. The quantitative estimate of drug-likeness (QED) is 0.784. The zero-order valence-electron chi connectivity index (χ0n) is 10.6. The molecule has 4 nitrogen and oxygen atoms in total. The highest BCUT2D eigenvalue weighted by Gasteiger charge is 2.33. The SMILES string of the molecule is CNC(C)(CC(C)Sc1ccc(Br)cn1)C(=O)O. The molecule has 18 heavy (non-hydrogen) atoms. The van der Waals surface area contributed by atoms with Crippen molar-refractivity contribution in [1.29, 1.82) is 0 Å². The monoisotopic (exact) mass is 332 g/mol. The Kier molecular flexibility index (Phi) is 5.62. The highest BCUT2D eigenvalue weighted by atomic mass is 79.9. The smallest absolute Gasteiger partial charge is 0.323 e. The standard InChI is InChI=1S/C12H17BrN2O2S/c1-8(6-12(2,14-3)11(16)17)18-10-5-4-9(13)7-15-10/h4-5,7-8,14H,6H2,1-3H3,(H,16,17). The molecule has 0 aliphatic rings. The summed E-state index contributed by atoms with van der Waals surface area (Å²) < 4.78 is 0.935. The highest BCUT2D eigenvalue weighted by molar-refractivity contribution is 9.10. The molecule has 2 unspecified atom stereocenters. The number of aliphatic carboxylic acids is 1. The number of thioether (sulfide) groups is 1. The number of halogens is 1. The van der Waals surface area contributed by atoms with Crippen LogP contribution in [0.5, 0.6) is 0 Å². The van der Waals surface area contributed by atoms with Crippen molar-refractivity contribution in [1.82, 2.24) is 10.3 Å². The average molecular weight is 333 g/mol. The van der Waals surface area contributed by atoms with Gasteiger partial charge in [0.25, 0.3) is 0 Å². The number of rotatable bonds is 6. The van der Waals surface area contributed by atoms with Crippen LogP contribution >= 0.6 is 27.7 Å². The molecule has 100 valence electrons. The Morgan fingerprint density at radius 2 is 2.33 bits per heavy atom. The summed E-state index contributed by atoms with van der Waals surface area (Å²) in [5.41, 5.74) is -0.901. The van der Waals surface area contributed by atoms with Crippen LogP contribution in [-0.4, -0.2) is 33.9 Å². The lowest BCUT2D eigenvalue weighted by Crippen LogP contribution is -2.49. The van der Waals surface area contributed by atoms with Crippen LogP contribution in [0, 0.1) is 0 Å². The Labute approximate surface area is 120 Å². The Morgan fingerprint density at radius 3 is 2.78 bits per heavy atom. The zero-order chi connectivity index (χ0) is 13.8. The van der Waals surface area contributed by atoms with E-state index in [0.717, 1.165) is 9.50 Å². The van der Waals surface area contributed by atoms with E-state index in [9.17, 15) is 9.90 Å². The molecule has 1 aromatic rings. The number of aromatic nitrogens is 1. The molecule has 1 aromatic heterocycles. The van der Waals surface area contributed by atoms with E-state index in [1.54, 1.807) is 31.9 Å². The molecule has 0 aliphatic heterocycles. The van der Waals surface area contributed by atoms with Crippen LogP contribution in [0.3, 0.4) is 0 Å². The molecule has 0 aromatic carbocycles. The third-order valence-electron chi connectivity index (χ3n) is 2.74. The van der Waals surface area contributed by atoms with Crippen molar-refractivity contribution in [2.45, 2.75) is 36.1 Å². The summed E-state index contributed by atoms with van der Waals surface area (Å²) in [6.45, 7) is 3.70. The van der Waals surface area contributed by atoms with Gasteiger partial charge in [-0.05, 0) is 48.5 Å². The van der Waals surface area contributed by atoms with E-state index < -0.39 is 11.5 Å². The van der Waals surface area contributed by atoms with Crippen molar-refractivity contribution in [3.05, 3.63) is 22.8 Å². The predicted octanol–water partition coefficient (Wildman–Crippen LogP) is 2.78. The van der Waals surface area contributed by atoms with Crippen LogP contribution in [0.15, 0.2) is 27.8 Å². The lowest BCUT2D eigenvalue weighted by atomic mass is 9.96. The summed E-state index contributed by atoms with van der Waals surface area (Å²) in [7, 11) is 1.67. The zero-order valence-corrected chi connectivity index (χ0v) is 13.0. The van der Waals surface area contributed by atoms with Crippen molar-refractivity contribution in [3.8, 4) is 0 Å². The Hall–Kier alpha value is -0.590. The van der Waals surface area contributed by atoms with Crippen molar-refractivity contribution in [2.75, 3.05) is 7.05 Å². The van der Waals surface area contributed by atoms with Crippen molar-refractivity contribution < 1.29 is 9.90 Å². The molecule has 0 radical (unpaired) electrons. The van der Waals surface area contributed by atoms with Gasteiger partial charge in [0, 0.05) is 15.9 Å². The first kappa shape index (κ1) is 15.5. The summed E-state index contributed by atoms with van der Waals surface area (Å²) in [6, 6.07) is 3.85. The first-order valence-electron chi connectivity index (χ1n) is 5.58. The molecule has 1 rings (SSSR count). The molecule has 0 spiro atoms. The number of pyridine rings is 1. The first-order chi connectivity index (χ1) is 8.37. The second-order valence-electron chi connectivity index (χ2n) is 4.33. The molecule has 0 amide bonds. The number of nitrogens with zero attached hydrogens (tertiary/aromatic N) is 1. The molecule has 0 aliphatic carbocycles. The fourth-order valence-corrected chi connectivity index (χ4v) is 2.87. The van der Waals surface area contributed by atoms with E-state index in [4.69, 9.17) is 0 Å². The van der Waals surface area contributed by atoms with E-state index in [0.29, 0.717) is 6.42 Å². The van der Waals surface area contributed by atoms with Gasteiger partial charge in [0.2, 0.25) is 0 Å². The van der Waals surface area contributed by atoms with E-state index in [1.807, 2.05) is 19.1 Å². The predicted molar refractivity (Wildman–Crippen MR) is 77.0 cm³/mol. The highest BCUT2D eigenvalue weighted by Crippen LogP contribution is 2.28. The van der Waals surface area contributed by atoms with E-state index >= 15 is 0 Å². The number of hydrogen-bond acceptors (Lipinski definition) is 4. The Morgan fingerprint density at radius 1 is 1.67 bits per heavy atom. The number of carboxylic acids is 1. The van der Waals surface area contributed by atoms with Crippen LogP contribution in [0.4, 0.5) is 0 Å². The minimum Gasteiger partial charge on any atom is -0.480 e. The van der Waals surface area contributed by atoms with Gasteiger partial charge in [-0.3, -0.25) is 4.79 Å². The van der Waals surface area contributed by atoms with Gasteiger partial charge in [0.1, 0.15) is 5.54 Å². The van der Waals surface area contributed by atoms with Gasteiger partial charge in [-0.15, -0.1) is 11.8 Å². The normalized spacial score (nSPS) is 16.0. The third-order valence-corrected chi connectivity index (χ3v) is 4.26. The molecule has 2 atom stereocenters. The fourth-order valence-electron chi connectivity index (χ4n) is 1.55. The van der Waals surface area contributed by atoms with Gasteiger partial charge in [-0.25, -0.2) is 4.98 Å². The third kappa shape index (κ3) is 4.26. The van der Waals surface area contributed by atoms with Crippen molar-refractivity contribution in [2.24, 2.45) is 0 Å². The van der Waals surface area contributed by atoms with Crippen molar-refractivity contribution in [3.63, 3.8) is 0 Å². The Bertz CT molecular complexity index is 413. The molecular formula is C12H17BrN2O2S. The van der Waals surface area contributed by atoms with Gasteiger partial charge in [-0.2, -0.15) is 0 Å². The average Bonchev–Trinajstić information content (AvgIpc) is 2.31. The van der Waals surface area contributed by atoms with Gasteiger partial charge in [0.05, 0.1) is 5.03 Å². The number of nitrogens with one attached hydrogen (secondary N) is 1. The minimum absolute atomic E-state index is 0.159. The molecule has 0 saturated heterocycles. The van der Waals surface area contributed by atoms with E-state index in [1.165, 1.54) is 0 Å². The summed E-state index contributed by atoms with van der Waals surface area (Å²) in [6.07, 6.45) is 2.27. The van der Waals surface area contributed by atoms with Gasteiger partial charge in [0.15, 0.2) is 0 Å². The molecular weight excluding hydrogens is 316 g/mol. The second kappa shape index (κ2) is 6.54. The molecule has 6 heteroatoms. The van der Waals surface area contributed by atoms with E-state index in [-0.39, 0.29) is 5.25 Å². The second-order valence-corrected chi connectivity index (χ2v) is 6.71. The van der Waals surface area contributed by atoms with E-state index in [2.05, 4.69) is 26.2 Å². The van der Waals surface area contributed by atoms with Crippen LogP contribution in [0.2, 0.25) is 0 Å². The maximum Gasteiger partial charge on any atom is 0.323 e. The largest absolute Gasteiger partial charge is 0.480 e. The van der Waals surface area contributed by atoms with Crippen LogP contribution in [0.25, 0.3) is 0 Å². The van der Waals surface area contributed by atoms with Crippen LogP contribution < -0.4 is 5.32 Å². The summed E-state index contributed by atoms with van der Waals surface area (Å²) in [4.78, 5) is 15.5. The van der Waals surface area contributed by atoms with Crippen molar-refractivity contribution >= 4 is 33.7 Å². The topological polar surface area (TPSA) is 62.2 Å². The van der Waals surface area contributed by atoms with Gasteiger partial charge >= 0.3 is 5.97 Å². The number of hydrogen-bond donors (Lipinski definition) is 2. The molecule has 0 fully saturated rings. The van der Waals surface area contributed by atoms with Gasteiger partial charge in [-0.1, -0.05) is 6.92 Å². The molecule has 1 heterocycles. The summed E-state index contributed by atoms with van der Waals surface area (Å²) in [5, 5.41) is 13.1. The van der Waals surface area contributed by atoms with Crippen LogP contribution in [-0.2, 0) is 4.79 Å². The lowest BCUT2D eigenvalue weighted by molar-refractivity contribution is -0.144. The molecule has 0 bridgehead atoms. The minimum atomic E-state index is -0.901. The summed E-state index contributed by atoms with van der Waals surface area (Å²) in [5.74, 6) is -0.832. The first-order valence-corrected chi connectivity index (χ1v) is 7.25. The van der Waals surface area contributed by atoms with Gasteiger partial charge < -0.3 is 10.4 Å². The molecule has 2 N–H and O–H groups in total. The lowest BCUT2D eigenvalue weighted by Gasteiger charge is -2.27. The molecule has 0 saturated carbocycles. The van der Waals surface area contributed by atoms with Crippen LogP contribution in [0.1, 0.15) is 20.3 Å². The number of carbonyl (C=O) groups is 1. The maximum absolute atomic E-state index is 11.2. The summed E-state index contributed by atoms with van der Waals surface area (Å²) >= 11 is 4.91. The maximum atomic E-state index is 11.2. The Balaban J connectivity index is 2.63.